The summed E-state index contributed by atoms with van der Waals surface area (Å²) in [7, 11) is 6.70. The Labute approximate surface area is 236 Å². The molecule has 0 unspecified atom stereocenters. The Morgan fingerprint density at radius 3 is 2.41 bits per heavy atom. The van der Waals surface area contributed by atoms with Crippen molar-refractivity contribution < 1.29 is 34.8 Å². The lowest BCUT2D eigenvalue weighted by molar-refractivity contribution is -0.153. The molecule has 212 valence electrons. The summed E-state index contributed by atoms with van der Waals surface area (Å²) in [6.45, 7) is 0. The van der Waals surface area contributed by atoms with Gasteiger partial charge in [0.1, 0.15) is 28.5 Å². The fourth-order valence-electron chi connectivity index (χ4n) is 6.35. The molecule has 5 rings (SSSR count). The van der Waals surface area contributed by atoms with Crippen LogP contribution in [-0.4, -0.2) is 87.6 Å². The fraction of sp³-hybridized carbons (Fsp3) is 0.333. The number of aliphatic hydroxyl groups is 3. The first-order valence-electron chi connectivity index (χ1n) is 12.9. The van der Waals surface area contributed by atoms with Crippen molar-refractivity contribution in [1.29, 1.82) is 0 Å². The van der Waals surface area contributed by atoms with E-state index in [9.17, 15) is 34.8 Å². The number of aromatic nitrogens is 1. The lowest BCUT2D eigenvalue weighted by Crippen LogP contribution is -2.65. The van der Waals surface area contributed by atoms with Gasteiger partial charge >= 0.3 is 0 Å². The minimum Gasteiger partial charge on any atom is -0.508 e. The van der Waals surface area contributed by atoms with Crippen molar-refractivity contribution in [3.8, 4) is 17.6 Å². The van der Waals surface area contributed by atoms with Gasteiger partial charge in [-0.25, -0.2) is 4.98 Å². The quantitative estimate of drug-likeness (QED) is 0.268. The van der Waals surface area contributed by atoms with Gasteiger partial charge in [-0.15, -0.1) is 0 Å². The number of carbonyl (C=O) groups excluding carboxylic acids is 3. The highest BCUT2D eigenvalue weighted by molar-refractivity contribution is 6.24. The van der Waals surface area contributed by atoms with Crippen molar-refractivity contribution >= 4 is 28.9 Å². The number of phenols is 1. The molecule has 3 aliphatic rings. The Hall–Kier alpha value is -4.66. The van der Waals surface area contributed by atoms with Crippen LogP contribution < -0.4 is 10.6 Å². The second-order valence-corrected chi connectivity index (χ2v) is 11.0. The molecule has 1 aromatic carbocycles. The molecule has 1 amide bonds. The number of amides is 1. The Balaban J connectivity index is 1.73. The van der Waals surface area contributed by atoms with Crippen LogP contribution >= 0.6 is 0 Å². The van der Waals surface area contributed by atoms with Crippen LogP contribution in [0, 0.1) is 23.7 Å². The highest BCUT2D eigenvalue weighted by Gasteiger charge is 2.64. The first-order valence-corrected chi connectivity index (χ1v) is 12.9. The molecule has 0 saturated heterocycles. The third-order valence-corrected chi connectivity index (χ3v) is 8.17. The Bertz CT molecular complexity index is 1630. The van der Waals surface area contributed by atoms with Crippen LogP contribution in [0.3, 0.4) is 0 Å². The summed E-state index contributed by atoms with van der Waals surface area (Å²) in [5.74, 6) is -1.23. The van der Waals surface area contributed by atoms with E-state index in [4.69, 9.17) is 5.73 Å². The lowest BCUT2D eigenvalue weighted by atomic mass is 9.57. The van der Waals surface area contributed by atoms with Crippen LogP contribution in [0.25, 0.3) is 5.76 Å². The second-order valence-electron chi connectivity index (χ2n) is 11.0. The Morgan fingerprint density at radius 2 is 1.83 bits per heavy atom. The number of pyridine rings is 1. The number of aromatic hydroxyl groups is 1. The molecule has 1 saturated carbocycles. The number of hydrogen-bond acceptors (Lipinski definition) is 10. The zero-order valence-electron chi connectivity index (χ0n) is 23.0. The number of nitrogens with two attached hydrogens (primary N) is 1. The van der Waals surface area contributed by atoms with E-state index in [1.165, 1.54) is 4.90 Å². The second kappa shape index (κ2) is 9.76. The van der Waals surface area contributed by atoms with Crippen LogP contribution in [0.15, 0.2) is 47.4 Å². The van der Waals surface area contributed by atoms with Crippen LogP contribution in [0.1, 0.15) is 28.8 Å². The number of aliphatic hydroxyl groups excluding tert-OH is 2. The molecule has 0 bridgehead atoms. The smallest absolute Gasteiger partial charge is 0.255 e. The van der Waals surface area contributed by atoms with Crippen LogP contribution in [0.2, 0.25) is 0 Å². The van der Waals surface area contributed by atoms with Crippen molar-refractivity contribution in [2.24, 2.45) is 17.6 Å². The highest BCUT2D eigenvalue weighted by atomic mass is 16.3. The molecule has 0 aliphatic heterocycles. The summed E-state index contributed by atoms with van der Waals surface area (Å²) >= 11 is 0. The molecular weight excluding hydrogens is 528 g/mol. The predicted octanol–water partition coefficient (Wildman–Crippen LogP) is 0.825. The molecule has 1 heterocycles. The fourth-order valence-corrected chi connectivity index (χ4v) is 6.35. The van der Waals surface area contributed by atoms with Gasteiger partial charge in [-0.1, -0.05) is 12.0 Å². The number of hydrogen-bond donors (Lipinski definition) is 5. The third kappa shape index (κ3) is 4.06. The minimum atomic E-state index is -2.69. The monoisotopic (exact) mass is 558 g/mol. The van der Waals surface area contributed by atoms with Crippen molar-refractivity contribution in [2.75, 3.05) is 33.1 Å². The highest BCUT2D eigenvalue weighted by Crippen LogP contribution is 2.54. The van der Waals surface area contributed by atoms with Gasteiger partial charge in [-0.05, 0) is 62.5 Å². The molecule has 0 spiro atoms. The van der Waals surface area contributed by atoms with Gasteiger partial charge in [0.05, 0.1) is 17.2 Å². The maximum absolute atomic E-state index is 14.0. The first-order chi connectivity index (χ1) is 19.3. The van der Waals surface area contributed by atoms with Gasteiger partial charge in [0.25, 0.3) is 5.91 Å². The molecule has 0 radical (unpaired) electrons. The van der Waals surface area contributed by atoms with E-state index < -0.39 is 58.0 Å². The summed E-state index contributed by atoms with van der Waals surface area (Å²) in [5, 5.41) is 45.6. The number of ketones is 2. The minimum absolute atomic E-state index is 0.0145. The van der Waals surface area contributed by atoms with Crippen molar-refractivity contribution in [2.45, 2.75) is 24.5 Å². The number of benzene rings is 1. The lowest BCUT2D eigenvalue weighted by Gasteiger charge is -2.50. The zero-order valence-corrected chi connectivity index (χ0v) is 23.0. The molecule has 11 heteroatoms. The summed E-state index contributed by atoms with van der Waals surface area (Å²) in [5.41, 5.74) is 3.44. The van der Waals surface area contributed by atoms with E-state index in [0.717, 1.165) is 0 Å². The molecule has 2 aromatic rings. The summed E-state index contributed by atoms with van der Waals surface area (Å²) in [4.78, 5) is 46.8. The number of rotatable bonds is 3. The number of Topliss-reactive ketones (excluding diaryl/α,β-unsaturated/α-hetero) is 2. The van der Waals surface area contributed by atoms with Crippen molar-refractivity contribution in [3.05, 3.63) is 69.8 Å². The van der Waals surface area contributed by atoms with Crippen molar-refractivity contribution in [3.63, 3.8) is 0 Å². The van der Waals surface area contributed by atoms with Crippen LogP contribution in [0.5, 0.6) is 5.75 Å². The number of anilines is 1. The number of fused-ring (bicyclic) bond motifs is 3. The molecule has 41 heavy (non-hydrogen) atoms. The normalized spacial score (nSPS) is 25.3. The number of phenolic OH excluding ortho intramolecular Hbond substituents is 1. The molecule has 1 aromatic heterocycles. The first kappa shape index (κ1) is 27.9. The summed E-state index contributed by atoms with van der Waals surface area (Å²) < 4.78 is 0. The van der Waals surface area contributed by atoms with Gasteiger partial charge in [-0.3, -0.25) is 19.3 Å². The molecule has 6 N–H and O–H groups in total. The van der Waals surface area contributed by atoms with E-state index in [1.807, 2.05) is 0 Å². The SMILES string of the molecule is CN(C)c1cc(C#Cc2ccccn2)c(O)c2c1C[C@@H]1C[C@@H]3[C@@H](N(C)C)C(=O)C(C(N)=O)=C(O)[C@]3(O)C(=O)C1=C2O. The Kier molecular flexibility index (Phi) is 6.64. The molecule has 3 aliphatic carbocycles. The molecule has 1 fully saturated rings. The largest absolute Gasteiger partial charge is 0.508 e. The van der Waals surface area contributed by atoms with E-state index in [2.05, 4.69) is 16.8 Å². The van der Waals surface area contributed by atoms with Gasteiger partial charge in [0, 0.05) is 37.5 Å². The standard InChI is InChI=1S/C30H30N4O7/c1-33(2)19-13-14(8-9-16-7-5-6-10-32-16)24(35)21-17(19)11-15-12-18-23(34(3)4)26(37)22(29(31)40)28(39)30(18,41)27(38)20(15)25(21)36/h5-7,10,13,15,18,23,35-36,39,41H,11-12H2,1-4H3,(H2,31,40)/t15-,18-,23-,30-/m1/s1. The van der Waals surface area contributed by atoms with E-state index in [1.54, 1.807) is 63.6 Å². The molecule has 4 atom stereocenters. The maximum Gasteiger partial charge on any atom is 0.255 e. The number of nitrogens with zero attached hydrogens (tertiary/aromatic N) is 3. The third-order valence-electron chi connectivity index (χ3n) is 8.17. The van der Waals surface area contributed by atoms with E-state index in [0.29, 0.717) is 16.9 Å². The topological polar surface area (TPSA) is 178 Å². The average Bonchev–Trinajstić information content (AvgIpc) is 2.90. The Morgan fingerprint density at radius 1 is 1.12 bits per heavy atom. The van der Waals surface area contributed by atoms with Crippen LogP contribution in [-0.2, 0) is 20.8 Å². The van der Waals surface area contributed by atoms with Gasteiger partial charge < -0.3 is 31.1 Å². The number of carbonyl (C=O) groups is 3. The van der Waals surface area contributed by atoms with E-state index >= 15 is 0 Å². The number of primary amides is 1. The summed E-state index contributed by atoms with van der Waals surface area (Å²) in [6, 6.07) is 5.76. The predicted molar refractivity (Wildman–Crippen MR) is 149 cm³/mol. The van der Waals surface area contributed by atoms with Crippen molar-refractivity contribution in [1.82, 2.24) is 9.88 Å². The average molecular weight is 559 g/mol. The maximum atomic E-state index is 14.0. The van der Waals surface area contributed by atoms with Gasteiger partial charge in [0.15, 0.2) is 11.4 Å². The van der Waals surface area contributed by atoms with Gasteiger partial charge in [0.2, 0.25) is 5.78 Å². The van der Waals surface area contributed by atoms with E-state index in [-0.39, 0.29) is 35.3 Å². The molecular formula is C30H30N4O7. The van der Waals surface area contributed by atoms with Gasteiger partial charge in [-0.2, -0.15) is 0 Å². The zero-order chi connectivity index (χ0) is 30.0. The molecule has 11 nitrogen and oxygen atoms in total. The summed E-state index contributed by atoms with van der Waals surface area (Å²) in [6.07, 6.45) is 1.78. The van der Waals surface area contributed by atoms with Crippen LogP contribution in [0.4, 0.5) is 5.69 Å². The number of likely N-dealkylation sites (N-methyl/N-ethyl adjacent to an activating group) is 1.